The zero-order chi connectivity index (χ0) is 40.0. The Labute approximate surface area is 358 Å². The van der Waals surface area contributed by atoms with Gasteiger partial charge in [0.2, 0.25) is 0 Å². The van der Waals surface area contributed by atoms with Gasteiger partial charge in [-0.2, -0.15) is 0 Å². The number of benzene rings is 9. The Bertz CT molecular complexity index is 3430. The van der Waals surface area contributed by atoms with Gasteiger partial charge in [-0.3, -0.25) is 0 Å². The van der Waals surface area contributed by atoms with E-state index in [0.717, 1.165) is 11.4 Å². The van der Waals surface area contributed by atoms with Crippen molar-refractivity contribution in [3.05, 3.63) is 211 Å². The Morgan fingerprint density at radius 3 is 1.63 bits per heavy atom. The summed E-state index contributed by atoms with van der Waals surface area (Å²) in [4.78, 5) is 2.55. The Hall–Kier alpha value is -6.78. The zero-order valence-electron chi connectivity index (χ0n) is 33.3. The zero-order valence-corrected chi connectivity index (χ0v) is 34.9. The smallest absolute Gasteiger partial charge is 0.0636 e. The van der Waals surface area contributed by atoms with E-state index in [1.54, 1.807) is 0 Å². The number of hydrogen-bond donors (Lipinski definition) is 0. The van der Waals surface area contributed by atoms with Crippen LogP contribution in [0, 0.1) is 0 Å². The molecular weight excluding hydrogens is 763 g/mol. The van der Waals surface area contributed by atoms with Crippen molar-refractivity contribution in [1.82, 2.24) is 0 Å². The second kappa shape index (κ2) is 13.6. The lowest BCUT2D eigenvalue weighted by Crippen LogP contribution is -2.16. The van der Waals surface area contributed by atoms with E-state index in [4.69, 9.17) is 0 Å². The van der Waals surface area contributed by atoms with Crippen molar-refractivity contribution in [2.75, 3.05) is 4.90 Å². The fourth-order valence-corrected chi connectivity index (χ4v) is 12.1. The van der Waals surface area contributed by atoms with Crippen LogP contribution >= 0.6 is 22.7 Å². The maximum atomic E-state index is 2.55. The van der Waals surface area contributed by atoms with Crippen LogP contribution in [-0.2, 0) is 5.41 Å². The molecule has 2 heterocycles. The van der Waals surface area contributed by atoms with Crippen molar-refractivity contribution in [2.24, 2.45) is 0 Å². The van der Waals surface area contributed by atoms with Gasteiger partial charge in [0.25, 0.3) is 0 Å². The fourth-order valence-electron chi connectivity index (χ4n) is 9.70. The summed E-state index contributed by atoms with van der Waals surface area (Å²) in [6.45, 7) is 4.83. The highest BCUT2D eigenvalue weighted by Crippen LogP contribution is 2.59. The molecule has 0 saturated heterocycles. The number of thiophene rings is 2. The van der Waals surface area contributed by atoms with Gasteiger partial charge in [0.15, 0.2) is 0 Å². The minimum absolute atomic E-state index is 0.218. The van der Waals surface area contributed by atoms with Gasteiger partial charge in [-0.1, -0.05) is 166 Å². The molecule has 284 valence electrons. The molecule has 0 spiro atoms. The normalized spacial score (nSPS) is 13.0. The molecule has 0 bridgehead atoms. The third-order valence-corrected chi connectivity index (χ3v) is 15.0. The minimum Gasteiger partial charge on any atom is -0.309 e. The fraction of sp³-hybridized carbons (Fsp3) is 0.0526. The molecule has 9 aromatic carbocycles. The van der Waals surface area contributed by atoms with Crippen LogP contribution in [0.15, 0.2) is 200 Å². The molecule has 2 aromatic heterocycles. The summed E-state index contributed by atoms with van der Waals surface area (Å²) in [6, 6.07) is 74.2. The number of nitrogens with zero attached hydrogens (tertiary/aromatic N) is 1. The van der Waals surface area contributed by atoms with E-state index >= 15 is 0 Å². The van der Waals surface area contributed by atoms with E-state index in [1.165, 1.54) is 102 Å². The molecule has 3 heteroatoms. The summed E-state index contributed by atoms with van der Waals surface area (Å²) in [5.74, 6) is 0. The third-order valence-electron chi connectivity index (χ3n) is 12.7. The summed E-state index contributed by atoms with van der Waals surface area (Å²) in [6.07, 6.45) is 0. The van der Waals surface area contributed by atoms with Gasteiger partial charge in [0.1, 0.15) is 0 Å². The molecule has 0 saturated carbocycles. The first-order valence-electron chi connectivity index (χ1n) is 20.7. The Kier molecular flexibility index (Phi) is 8.00. The van der Waals surface area contributed by atoms with Crippen LogP contribution in [0.1, 0.15) is 25.0 Å². The van der Waals surface area contributed by atoms with Crippen LogP contribution in [0.5, 0.6) is 0 Å². The second-order valence-electron chi connectivity index (χ2n) is 16.4. The molecule has 0 aliphatic heterocycles. The van der Waals surface area contributed by atoms with Crippen molar-refractivity contribution in [2.45, 2.75) is 19.3 Å². The average Bonchev–Trinajstić information content (AvgIpc) is 3.95. The van der Waals surface area contributed by atoms with Crippen molar-refractivity contribution < 1.29 is 0 Å². The first-order chi connectivity index (χ1) is 29.5. The van der Waals surface area contributed by atoms with Crippen LogP contribution in [-0.4, -0.2) is 0 Å². The van der Waals surface area contributed by atoms with Gasteiger partial charge < -0.3 is 4.90 Å². The van der Waals surface area contributed by atoms with Crippen LogP contribution in [0.2, 0.25) is 0 Å². The monoisotopic (exact) mass is 801 g/mol. The molecule has 0 N–H and O–H groups in total. The molecule has 0 atom stereocenters. The van der Waals surface area contributed by atoms with E-state index in [1.807, 2.05) is 22.7 Å². The first kappa shape index (κ1) is 35.2. The third kappa shape index (κ3) is 5.43. The molecule has 1 aliphatic carbocycles. The lowest BCUT2D eigenvalue weighted by atomic mass is 9.81. The highest BCUT2D eigenvalue weighted by molar-refractivity contribution is 7.26. The molecule has 0 amide bonds. The van der Waals surface area contributed by atoms with Gasteiger partial charge in [-0.15, -0.1) is 22.7 Å². The summed E-state index contributed by atoms with van der Waals surface area (Å²) in [5.41, 5.74) is 16.1. The molecule has 1 aliphatic rings. The average molecular weight is 802 g/mol. The molecule has 60 heavy (non-hydrogen) atoms. The van der Waals surface area contributed by atoms with Crippen LogP contribution in [0.4, 0.5) is 17.1 Å². The van der Waals surface area contributed by atoms with Crippen molar-refractivity contribution in [1.29, 1.82) is 0 Å². The topological polar surface area (TPSA) is 3.24 Å². The SMILES string of the molecule is CC1(C)c2cc(-c3ccccc3)ccc2-c2c1cc1sc3ccccc3c1c2N(c1ccc(-c2ccccc2)cc1)c1ccc(-c2cccc3c2sc2ccccc23)cc1. The Morgan fingerprint density at radius 2 is 0.933 bits per heavy atom. The standard InChI is InChI=1S/C57H39NS2/c1-57(2)48-34-40(37-16-7-4-8-17-37)28-33-46(48)53-49(57)35-52-54(47-19-10-12-23-51(47)59-52)55(53)58(41-29-24-38(25-30-41)36-14-5-3-6-15-36)42-31-26-39(27-32-42)43-20-13-21-45-44-18-9-11-22-50(44)60-56(43)45/h3-35H,1-2H3. The number of anilines is 3. The van der Waals surface area contributed by atoms with Crippen molar-refractivity contribution in [3.8, 4) is 44.5 Å². The summed E-state index contributed by atoms with van der Waals surface area (Å²) >= 11 is 3.79. The quantitative estimate of drug-likeness (QED) is 0.162. The first-order valence-corrected chi connectivity index (χ1v) is 22.3. The number of fused-ring (bicyclic) bond motifs is 9. The summed E-state index contributed by atoms with van der Waals surface area (Å²) < 4.78 is 5.28. The highest BCUT2D eigenvalue weighted by atomic mass is 32.1. The second-order valence-corrected chi connectivity index (χ2v) is 18.6. The molecule has 11 aromatic rings. The molecule has 0 radical (unpaired) electrons. The molecule has 12 rings (SSSR count). The Morgan fingerprint density at radius 1 is 0.383 bits per heavy atom. The van der Waals surface area contributed by atoms with Crippen LogP contribution < -0.4 is 4.90 Å². The molecule has 0 fully saturated rings. The van der Waals surface area contributed by atoms with Crippen LogP contribution in [0.25, 0.3) is 84.9 Å². The van der Waals surface area contributed by atoms with Gasteiger partial charge in [0, 0.05) is 62.7 Å². The summed E-state index contributed by atoms with van der Waals surface area (Å²) in [5, 5.41) is 5.24. The van der Waals surface area contributed by atoms with E-state index in [0.29, 0.717) is 0 Å². The predicted molar refractivity (Wildman–Crippen MR) is 261 cm³/mol. The largest absolute Gasteiger partial charge is 0.309 e. The lowest BCUT2D eigenvalue weighted by Gasteiger charge is -2.30. The highest BCUT2D eigenvalue weighted by Gasteiger charge is 2.40. The number of rotatable bonds is 6. The molecular formula is C57H39NS2. The van der Waals surface area contributed by atoms with Crippen LogP contribution in [0.3, 0.4) is 0 Å². The minimum atomic E-state index is -0.218. The lowest BCUT2D eigenvalue weighted by molar-refractivity contribution is 0.661. The summed E-state index contributed by atoms with van der Waals surface area (Å²) in [7, 11) is 0. The van der Waals surface area contributed by atoms with Crippen molar-refractivity contribution in [3.63, 3.8) is 0 Å². The van der Waals surface area contributed by atoms with Gasteiger partial charge in [-0.05, 0) is 98.6 Å². The van der Waals surface area contributed by atoms with Crippen molar-refractivity contribution >= 4 is 80.1 Å². The van der Waals surface area contributed by atoms with E-state index < -0.39 is 0 Å². The van der Waals surface area contributed by atoms with E-state index in [2.05, 4.69) is 219 Å². The van der Waals surface area contributed by atoms with Gasteiger partial charge >= 0.3 is 0 Å². The van der Waals surface area contributed by atoms with Gasteiger partial charge in [0.05, 0.1) is 5.69 Å². The van der Waals surface area contributed by atoms with E-state index in [9.17, 15) is 0 Å². The number of hydrogen-bond acceptors (Lipinski definition) is 3. The predicted octanol–water partition coefficient (Wildman–Crippen LogP) is 17.2. The maximum Gasteiger partial charge on any atom is 0.0636 e. The maximum absolute atomic E-state index is 2.55. The van der Waals surface area contributed by atoms with Gasteiger partial charge in [-0.25, -0.2) is 0 Å². The molecule has 0 unspecified atom stereocenters. The molecule has 1 nitrogen and oxygen atoms in total. The van der Waals surface area contributed by atoms with E-state index in [-0.39, 0.29) is 5.41 Å². The Balaban J connectivity index is 1.12.